The molecule has 0 spiro atoms. The van der Waals surface area contributed by atoms with Crippen LogP contribution in [0.1, 0.15) is 12.1 Å². The smallest absolute Gasteiger partial charge is 0.241 e. The second-order valence-electron chi connectivity index (χ2n) is 6.64. The highest BCUT2D eigenvalue weighted by Gasteiger charge is 2.15. The molecule has 3 aromatic heterocycles. The first kappa shape index (κ1) is 17.9. The van der Waals surface area contributed by atoms with Gasteiger partial charge in [-0.3, -0.25) is 9.48 Å². The van der Waals surface area contributed by atoms with E-state index >= 15 is 0 Å². The van der Waals surface area contributed by atoms with Gasteiger partial charge in [0.2, 0.25) is 5.91 Å². The summed E-state index contributed by atoms with van der Waals surface area (Å²) in [7, 11) is 0. The summed E-state index contributed by atoms with van der Waals surface area (Å²) in [4.78, 5) is 16.8. The van der Waals surface area contributed by atoms with E-state index in [0.29, 0.717) is 6.54 Å². The molecule has 0 fully saturated rings. The first-order valence-electron chi connectivity index (χ1n) is 9.34. The van der Waals surface area contributed by atoms with Gasteiger partial charge in [0.05, 0.1) is 5.69 Å². The molecule has 1 N–H and O–H groups in total. The number of nitrogens with zero attached hydrogens (tertiary/aromatic N) is 5. The number of benzene rings is 1. The summed E-state index contributed by atoms with van der Waals surface area (Å²) >= 11 is 0. The van der Waals surface area contributed by atoms with E-state index in [9.17, 15) is 4.79 Å². The molecule has 0 saturated heterocycles. The van der Waals surface area contributed by atoms with E-state index in [1.807, 2.05) is 48.1 Å². The fourth-order valence-corrected chi connectivity index (χ4v) is 3.34. The van der Waals surface area contributed by atoms with Gasteiger partial charge in [-0.25, -0.2) is 9.67 Å². The van der Waals surface area contributed by atoms with Crippen LogP contribution in [0.25, 0.3) is 22.2 Å². The molecule has 142 valence electrons. The maximum atomic E-state index is 12.4. The largest absolute Gasteiger partial charge is 0.354 e. The number of carbonyl (C=O) groups is 1. The molecule has 7 nitrogen and oxygen atoms in total. The third kappa shape index (κ3) is 3.78. The van der Waals surface area contributed by atoms with Crippen LogP contribution in [0.4, 0.5) is 0 Å². The van der Waals surface area contributed by atoms with Crippen LogP contribution in [0.5, 0.6) is 0 Å². The third-order valence-corrected chi connectivity index (χ3v) is 4.63. The van der Waals surface area contributed by atoms with Crippen molar-refractivity contribution in [2.75, 3.05) is 6.54 Å². The minimum atomic E-state index is -0.0724. The molecule has 0 unspecified atom stereocenters. The number of fused-ring (bicyclic) bond motifs is 1. The Morgan fingerprint density at radius 2 is 1.96 bits per heavy atom. The Kier molecular flexibility index (Phi) is 5.14. The molecule has 4 aromatic rings. The van der Waals surface area contributed by atoms with Gasteiger partial charge in [0, 0.05) is 37.1 Å². The molecule has 3 heterocycles. The van der Waals surface area contributed by atoms with Crippen molar-refractivity contribution in [1.29, 1.82) is 0 Å². The van der Waals surface area contributed by atoms with E-state index in [-0.39, 0.29) is 12.5 Å². The van der Waals surface area contributed by atoms with Gasteiger partial charge in [0.1, 0.15) is 6.54 Å². The van der Waals surface area contributed by atoms with E-state index in [1.165, 1.54) is 0 Å². The number of hydrogen-bond donors (Lipinski definition) is 1. The molecule has 0 atom stereocenters. The first-order chi connectivity index (χ1) is 13.7. The van der Waals surface area contributed by atoms with Gasteiger partial charge in [0.15, 0.2) is 5.65 Å². The van der Waals surface area contributed by atoms with Gasteiger partial charge in [-0.05, 0) is 36.6 Å². The van der Waals surface area contributed by atoms with Crippen LogP contribution >= 0.6 is 0 Å². The number of amides is 1. The molecule has 0 aliphatic carbocycles. The zero-order valence-electron chi connectivity index (χ0n) is 15.7. The second-order valence-corrected chi connectivity index (χ2v) is 6.64. The SMILES string of the molecule is Cc1nn(CC(=O)NCCCn2cccn2)c2nccc(-c3ccccc3)c12. The number of rotatable bonds is 7. The van der Waals surface area contributed by atoms with Gasteiger partial charge < -0.3 is 5.32 Å². The number of aryl methyl sites for hydroxylation is 2. The quantitative estimate of drug-likeness (QED) is 0.505. The van der Waals surface area contributed by atoms with Crippen molar-refractivity contribution in [2.45, 2.75) is 26.4 Å². The van der Waals surface area contributed by atoms with Crippen molar-refractivity contribution >= 4 is 16.9 Å². The number of hydrogen-bond acceptors (Lipinski definition) is 4. The summed E-state index contributed by atoms with van der Waals surface area (Å²) < 4.78 is 3.53. The Balaban J connectivity index is 1.46. The fourth-order valence-electron chi connectivity index (χ4n) is 3.34. The zero-order valence-corrected chi connectivity index (χ0v) is 15.7. The Hall–Kier alpha value is -3.48. The molecular weight excluding hydrogens is 352 g/mol. The van der Waals surface area contributed by atoms with Gasteiger partial charge in [-0.1, -0.05) is 30.3 Å². The van der Waals surface area contributed by atoms with Crippen LogP contribution in [-0.4, -0.2) is 37.0 Å². The monoisotopic (exact) mass is 374 g/mol. The molecule has 1 aromatic carbocycles. The van der Waals surface area contributed by atoms with Crippen LogP contribution in [0, 0.1) is 6.92 Å². The minimum absolute atomic E-state index is 0.0724. The molecule has 4 rings (SSSR count). The molecule has 7 heteroatoms. The molecule has 0 aliphatic rings. The minimum Gasteiger partial charge on any atom is -0.354 e. The highest BCUT2D eigenvalue weighted by atomic mass is 16.2. The number of nitrogens with one attached hydrogen (secondary N) is 1. The Morgan fingerprint density at radius 3 is 2.75 bits per heavy atom. The van der Waals surface area contributed by atoms with Crippen LogP contribution in [0.15, 0.2) is 61.1 Å². The van der Waals surface area contributed by atoms with Crippen molar-refractivity contribution in [1.82, 2.24) is 29.9 Å². The number of aromatic nitrogens is 5. The van der Waals surface area contributed by atoms with Gasteiger partial charge in [-0.2, -0.15) is 10.2 Å². The highest BCUT2D eigenvalue weighted by molar-refractivity contribution is 5.95. The summed E-state index contributed by atoms with van der Waals surface area (Å²) in [6, 6.07) is 14.0. The predicted molar refractivity (Wildman–Crippen MR) is 108 cm³/mol. The van der Waals surface area contributed by atoms with Crippen LogP contribution in [0.2, 0.25) is 0 Å². The second kappa shape index (κ2) is 8.04. The molecular formula is C21H22N6O. The van der Waals surface area contributed by atoms with Crippen molar-refractivity contribution in [3.8, 4) is 11.1 Å². The van der Waals surface area contributed by atoms with Crippen molar-refractivity contribution in [3.63, 3.8) is 0 Å². The standard InChI is InChI=1S/C21H22N6O/c1-16-20-18(17-7-3-2-4-8-17)9-12-23-21(20)27(25-16)15-19(28)22-10-5-13-26-14-6-11-24-26/h2-4,6-9,11-12,14H,5,10,13,15H2,1H3,(H,22,28). The average Bonchev–Trinajstić information content (AvgIpc) is 3.34. The highest BCUT2D eigenvalue weighted by Crippen LogP contribution is 2.29. The average molecular weight is 374 g/mol. The molecule has 0 bridgehead atoms. The van der Waals surface area contributed by atoms with Crippen LogP contribution in [-0.2, 0) is 17.9 Å². The Bertz CT molecular complexity index is 1070. The van der Waals surface area contributed by atoms with E-state index in [4.69, 9.17) is 0 Å². The lowest BCUT2D eigenvalue weighted by molar-refractivity contribution is -0.121. The van der Waals surface area contributed by atoms with Crippen LogP contribution < -0.4 is 5.32 Å². The summed E-state index contributed by atoms with van der Waals surface area (Å²) in [5, 5.41) is 12.6. The molecule has 1 amide bonds. The van der Waals surface area contributed by atoms with Gasteiger partial charge >= 0.3 is 0 Å². The summed E-state index contributed by atoms with van der Waals surface area (Å²) in [5.41, 5.74) is 3.79. The van der Waals surface area contributed by atoms with Crippen molar-refractivity contribution in [2.24, 2.45) is 0 Å². The molecule has 28 heavy (non-hydrogen) atoms. The lowest BCUT2D eigenvalue weighted by atomic mass is 10.0. The molecule has 0 aliphatic heterocycles. The lowest BCUT2D eigenvalue weighted by Gasteiger charge is -2.07. The van der Waals surface area contributed by atoms with E-state index in [2.05, 4.69) is 32.6 Å². The van der Waals surface area contributed by atoms with Crippen molar-refractivity contribution < 1.29 is 4.79 Å². The van der Waals surface area contributed by atoms with Crippen molar-refractivity contribution in [3.05, 3.63) is 66.7 Å². The summed E-state index contributed by atoms with van der Waals surface area (Å²) in [5.74, 6) is -0.0724. The third-order valence-electron chi connectivity index (χ3n) is 4.63. The van der Waals surface area contributed by atoms with E-state index < -0.39 is 0 Å². The van der Waals surface area contributed by atoms with Gasteiger partial charge in [0.25, 0.3) is 0 Å². The molecule has 0 saturated carbocycles. The Labute approximate surface area is 163 Å². The topological polar surface area (TPSA) is 77.6 Å². The zero-order chi connectivity index (χ0) is 19.3. The number of pyridine rings is 1. The van der Waals surface area contributed by atoms with Crippen LogP contribution in [0.3, 0.4) is 0 Å². The maximum absolute atomic E-state index is 12.4. The molecule has 0 radical (unpaired) electrons. The normalized spacial score (nSPS) is 11.0. The fraction of sp³-hybridized carbons (Fsp3) is 0.238. The van der Waals surface area contributed by atoms with E-state index in [1.54, 1.807) is 17.1 Å². The van der Waals surface area contributed by atoms with E-state index in [0.717, 1.165) is 40.8 Å². The Morgan fingerprint density at radius 1 is 1.11 bits per heavy atom. The summed E-state index contributed by atoms with van der Waals surface area (Å²) in [6.07, 6.45) is 6.25. The lowest BCUT2D eigenvalue weighted by Crippen LogP contribution is -2.29. The first-order valence-corrected chi connectivity index (χ1v) is 9.34. The predicted octanol–water partition coefficient (Wildman–Crippen LogP) is 2.81. The maximum Gasteiger partial charge on any atom is 0.241 e. The summed E-state index contributed by atoms with van der Waals surface area (Å²) in [6.45, 7) is 3.48. The number of carbonyl (C=O) groups excluding carboxylic acids is 1. The van der Waals surface area contributed by atoms with Gasteiger partial charge in [-0.15, -0.1) is 0 Å².